The Hall–Kier alpha value is -3.00. The van der Waals surface area contributed by atoms with Gasteiger partial charge in [-0.1, -0.05) is 12.1 Å². The van der Waals surface area contributed by atoms with Crippen LogP contribution >= 0.6 is 0 Å². The van der Waals surface area contributed by atoms with Crippen molar-refractivity contribution >= 4 is 17.3 Å². The van der Waals surface area contributed by atoms with E-state index < -0.39 is 16.6 Å². The van der Waals surface area contributed by atoms with Crippen molar-refractivity contribution in [3.63, 3.8) is 0 Å². The Morgan fingerprint density at radius 2 is 2.00 bits per heavy atom. The van der Waals surface area contributed by atoms with Crippen LogP contribution in [0.25, 0.3) is 0 Å². The number of nitro benzene ring substituents is 1. The number of hydrogen-bond donors (Lipinski definition) is 1. The van der Waals surface area contributed by atoms with Gasteiger partial charge >= 0.3 is 0 Å². The highest BCUT2D eigenvalue weighted by molar-refractivity contribution is 6.07. The first-order valence-electron chi connectivity index (χ1n) is 6.99. The Morgan fingerprint density at radius 3 is 2.67 bits per heavy atom. The highest BCUT2D eigenvalue weighted by Gasteiger charge is 2.19. The molecule has 1 N–H and O–H groups in total. The molecular weight excluding hydrogens is 319 g/mol. The Bertz CT molecular complexity index is 751. The molecule has 0 unspecified atom stereocenters. The first kappa shape index (κ1) is 17.4. The zero-order valence-corrected chi connectivity index (χ0v) is 12.8. The molecule has 2 rings (SSSR count). The van der Waals surface area contributed by atoms with Gasteiger partial charge in [0, 0.05) is 24.9 Å². The van der Waals surface area contributed by atoms with Crippen molar-refractivity contribution in [1.29, 1.82) is 0 Å². The summed E-state index contributed by atoms with van der Waals surface area (Å²) in [6.45, 7) is 0.505. The van der Waals surface area contributed by atoms with Gasteiger partial charge in [0.2, 0.25) is 0 Å². The monoisotopic (exact) mass is 334 g/mol. The minimum absolute atomic E-state index is 0.0238. The van der Waals surface area contributed by atoms with Crippen LogP contribution in [-0.4, -0.2) is 31.2 Å². The summed E-state index contributed by atoms with van der Waals surface area (Å²) in [5, 5.41) is 13.4. The highest BCUT2D eigenvalue weighted by atomic mass is 19.1. The molecule has 0 fully saturated rings. The summed E-state index contributed by atoms with van der Waals surface area (Å²) in [5.41, 5.74) is -0.270. The van der Waals surface area contributed by atoms with Crippen LogP contribution in [0, 0.1) is 15.9 Å². The van der Waals surface area contributed by atoms with E-state index in [4.69, 9.17) is 9.47 Å². The molecule has 0 bridgehead atoms. The number of ether oxygens (including phenoxy) is 2. The summed E-state index contributed by atoms with van der Waals surface area (Å²) >= 11 is 0. The number of anilines is 1. The number of nitrogens with zero attached hydrogens (tertiary/aromatic N) is 1. The number of halogens is 1. The lowest BCUT2D eigenvalue weighted by Crippen LogP contribution is -2.14. The molecule has 2 aromatic carbocycles. The third-order valence-electron chi connectivity index (χ3n) is 3.08. The van der Waals surface area contributed by atoms with Crippen LogP contribution < -0.4 is 10.1 Å². The lowest BCUT2D eigenvalue weighted by Gasteiger charge is -2.09. The average Bonchev–Trinajstić information content (AvgIpc) is 2.57. The van der Waals surface area contributed by atoms with E-state index in [1.54, 1.807) is 0 Å². The van der Waals surface area contributed by atoms with Crippen LogP contribution in [-0.2, 0) is 4.74 Å². The van der Waals surface area contributed by atoms with Crippen LogP contribution in [0.4, 0.5) is 15.8 Å². The van der Waals surface area contributed by atoms with Crippen molar-refractivity contribution in [2.24, 2.45) is 0 Å². The maximum atomic E-state index is 13.9. The summed E-state index contributed by atoms with van der Waals surface area (Å²) in [4.78, 5) is 22.5. The molecule has 24 heavy (non-hydrogen) atoms. The fraction of sp³-hybridized carbons (Fsp3) is 0.188. The molecule has 0 saturated heterocycles. The minimum Gasteiger partial charge on any atom is -0.488 e. The number of nitro groups is 1. The average molecular weight is 334 g/mol. The van der Waals surface area contributed by atoms with Gasteiger partial charge in [0.15, 0.2) is 11.6 Å². The molecule has 0 radical (unpaired) electrons. The van der Waals surface area contributed by atoms with E-state index >= 15 is 0 Å². The molecule has 126 valence electrons. The number of carbonyl (C=O) groups is 1. The molecule has 2 aromatic rings. The summed E-state index contributed by atoms with van der Waals surface area (Å²) in [6.07, 6.45) is 0. The SMILES string of the molecule is COCCOc1ccc(NC(=O)c2ccccc2[N+](=O)[O-])cc1F. The summed E-state index contributed by atoms with van der Waals surface area (Å²) in [7, 11) is 1.50. The quantitative estimate of drug-likeness (QED) is 0.477. The minimum atomic E-state index is -0.699. The Balaban J connectivity index is 2.12. The molecule has 0 atom stereocenters. The molecular formula is C16H15FN2O5. The number of methoxy groups -OCH3 is 1. The maximum Gasteiger partial charge on any atom is 0.282 e. The molecule has 7 nitrogen and oxygen atoms in total. The number of carbonyl (C=O) groups excluding carboxylic acids is 1. The predicted octanol–water partition coefficient (Wildman–Crippen LogP) is 3.01. The molecule has 0 saturated carbocycles. The fourth-order valence-corrected chi connectivity index (χ4v) is 1.95. The summed E-state index contributed by atoms with van der Waals surface area (Å²) < 4.78 is 23.9. The largest absolute Gasteiger partial charge is 0.488 e. The van der Waals surface area contributed by atoms with Crippen LogP contribution in [0.1, 0.15) is 10.4 Å². The van der Waals surface area contributed by atoms with Gasteiger partial charge in [0.05, 0.1) is 11.5 Å². The van der Waals surface area contributed by atoms with Crippen LogP contribution in [0.5, 0.6) is 5.75 Å². The van der Waals surface area contributed by atoms with E-state index in [0.29, 0.717) is 6.61 Å². The van der Waals surface area contributed by atoms with Crippen molar-refractivity contribution in [1.82, 2.24) is 0 Å². The standard InChI is InChI=1S/C16H15FN2O5/c1-23-8-9-24-15-7-6-11(10-13(15)17)18-16(20)12-4-2-3-5-14(12)19(21)22/h2-7,10H,8-9H2,1H3,(H,18,20). The van der Waals surface area contributed by atoms with Gasteiger partial charge in [-0.25, -0.2) is 4.39 Å². The second-order valence-electron chi connectivity index (χ2n) is 4.71. The highest BCUT2D eigenvalue weighted by Crippen LogP contribution is 2.23. The lowest BCUT2D eigenvalue weighted by molar-refractivity contribution is -0.385. The number of nitrogens with one attached hydrogen (secondary N) is 1. The van der Waals surface area contributed by atoms with Crippen molar-refractivity contribution in [3.8, 4) is 5.75 Å². The second kappa shape index (κ2) is 8.02. The Morgan fingerprint density at radius 1 is 1.25 bits per heavy atom. The molecule has 0 heterocycles. The van der Waals surface area contributed by atoms with E-state index in [1.807, 2.05) is 0 Å². The van der Waals surface area contributed by atoms with Gasteiger partial charge in [-0.05, 0) is 18.2 Å². The third-order valence-corrected chi connectivity index (χ3v) is 3.08. The van der Waals surface area contributed by atoms with Crippen molar-refractivity contribution in [2.45, 2.75) is 0 Å². The van der Waals surface area contributed by atoms with Gasteiger partial charge in [0.1, 0.15) is 12.2 Å². The van der Waals surface area contributed by atoms with Gasteiger partial charge < -0.3 is 14.8 Å². The van der Waals surface area contributed by atoms with Gasteiger partial charge in [0.25, 0.3) is 11.6 Å². The Kier molecular flexibility index (Phi) is 5.80. The third kappa shape index (κ3) is 4.26. The smallest absolute Gasteiger partial charge is 0.282 e. The molecule has 0 aromatic heterocycles. The van der Waals surface area contributed by atoms with E-state index in [9.17, 15) is 19.3 Å². The molecule has 0 aliphatic carbocycles. The summed E-state index contributed by atoms with van der Waals surface area (Å²) in [5.74, 6) is -1.34. The fourth-order valence-electron chi connectivity index (χ4n) is 1.95. The molecule has 1 amide bonds. The predicted molar refractivity (Wildman–Crippen MR) is 84.8 cm³/mol. The number of rotatable bonds is 7. The van der Waals surface area contributed by atoms with Crippen LogP contribution in [0.2, 0.25) is 0 Å². The first-order valence-corrected chi connectivity index (χ1v) is 6.99. The summed E-state index contributed by atoms with van der Waals surface area (Å²) in [6, 6.07) is 9.40. The topological polar surface area (TPSA) is 90.7 Å². The number of benzene rings is 2. The number of amides is 1. The van der Waals surface area contributed by atoms with Crippen molar-refractivity contribution in [2.75, 3.05) is 25.6 Å². The van der Waals surface area contributed by atoms with Crippen LogP contribution in [0.15, 0.2) is 42.5 Å². The normalized spacial score (nSPS) is 10.2. The first-order chi connectivity index (χ1) is 11.5. The molecule has 8 heteroatoms. The van der Waals surface area contributed by atoms with E-state index in [-0.39, 0.29) is 29.3 Å². The second-order valence-corrected chi connectivity index (χ2v) is 4.71. The molecule has 0 spiro atoms. The van der Waals surface area contributed by atoms with Crippen LogP contribution in [0.3, 0.4) is 0 Å². The van der Waals surface area contributed by atoms with E-state index in [0.717, 1.165) is 6.07 Å². The molecule has 0 aliphatic heterocycles. The van der Waals surface area contributed by atoms with E-state index in [1.165, 1.54) is 43.5 Å². The number of para-hydroxylation sites is 1. The lowest BCUT2D eigenvalue weighted by atomic mass is 10.1. The Labute approximate surface area is 137 Å². The van der Waals surface area contributed by atoms with Gasteiger partial charge in [-0.3, -0.25) is 14.9 Å². The van der Waals surface area contributed by atoms with Gasteiger partial charge in [-0.15, -0.1) is 0 Å². The van der Waals surface area contributed by atoms with Crippen molar-refractivity contribution in [3.05, 3.63) is 64.0 Å². The van der Waals surface area contributed by atoms with Gasteiger partial charge in [-0.2, -0.15) is 0 Å². The maximum absolute atomic E-state index is 13.9. The number of hydrogen-bond acceptors (Lipinski definition) is 5. The molecule has 0 aliphatic rings. The zero-order valence-electron chi connectivity index (χ0n) is 12.8. The van der Waals surface area contributed by atoms with Crippen molar-refractivity contribution < 1.29 is 23.6 Å². The van der Waals surface area contributed by atoms with E-state index in [2.05, 4.69) is 5.32 Å². The zero-order chi connectivity index (χ0) is 17.5.